The van der Waals surface area contributed by atoms with Gasteiger partial charge in [-0.05, 0) is 12.1 Å². The summed E-state index contributed by atoms with van der Waals surface area (Å²) in [5.74, 6) is -0.210. The fourth-order valence-electron chi connectivity index (χ4n) is 2.25. The smallest absolute Gasteiger partial charge is 0.328 e. The molecule has 1 aliphatic heterocycles. The van der Waals surface area contributed by atoms with E-state index in [9.17, 15) is 18.0 Å². The molecule has 1 N–H and O–H groups in total. The Morgan fingerprint density at radius 2 is 1.89 bits per heavy atom. The lowest BCUT2D eigenvalue weighted by Crippen LogP contribution is -3.10. The zero-order chi connectivity index (χ0) is 13.2. The van der Waals surface area contributed by atoms with Gasteiger partial charge in [0.05, 0.1) is 18.7 Å². The van der Waals surface area contributed by atoms with Crippen molar-refractivity contribution in [1.82, 2.24) is 0 Å². The largest absolute Gasteiger partial charge is 0.416 e. The van der Waals surface area contributed by atoms with Gasteiger partial charge in [-0.3, -0.25) is 4.79 Å². The third kappa shape index (κ3) is 3.10. The van der Waals surface area contributed by atoms with Gasteiger partial charge >= 0.3 is 6.18 Å². The molecule has 0 aromatic heterocycles. The lowest BCUT2D eigenvalue weighted by Gasteiger charge is -2.12. The Labute approximate surface area is 103 Å². The van der Waals surface area contributed by atoms with Gasteiger partial charge in [0.2, 0.25) is 5.78 Å². The summed E-state index contributed by atoms with van der Waals surface area (Å²) in [6, 6.07) is 4.67. The molecule has 1 aliphatic rings. The minimum absolute atomic E-state index is 0.157. The van der Waals surface area contributed by atoms with E-state index in [0.29, 0.717) is 6.54 Å². The van der Waals surface area contributed by atoms with Crippen LogP contribution >= 0.6 is 0 Å². The first-order valence-corrected chi connectivity index (χ1v) is 6.01. The Bertz CT molecular complexity index is 436. The van der Waals surface area contributed by atoms with Crippen LogP contribution in [-0.2, 0) is 6.18 Å². The normalized spacial score (nSPS) is 17.1. The molecule has 0 aliphatic carbocycles. The van der Waals surface area contributed by atoms with Crippen molar-refractivity contribution in [2.75, 3.05) is 19.6 Å². The van der Waals surface area contributed by atoms with Crippen molar-refractivity contribution in [3.05, 3.63) is 35.4 Å². The topological polar surface area (TPSA) is 21.5 Å². The van der Waals surface area contributed by atoms with Gasteiger partial charge < -0.3 is 4.90 Å². The molecule has 1 fully saturated rings. The van der Waals surface area contributed by atoms with Crippen LogP contribution in [0.4, 0.5) is 13.2 Å². The van der Waals surface area contributed by atoms with Crippen LogP contribution in [0.15, 0.2) is 24.3 Å². The van der Waals surface area contributed by atoms with Crippen molar-refractivity contribution in [3.8, 4) is 0 Å². The monoisotopic (exact) mass is 258 g/mol. The Balaban J connectivity index is 2.10. The van der Waals surface area contributed by atoms with Gasteiger partial charge in [-0.1, -0.05) is 12.1 Å². The third-order valence-electron chi connectivity index (χ3n) is 3.23. The number of likely N-dealkylation sites (tertiary alicyclic amines) is 1. The highest BCUT2D eigenvalue weighted by Gasteiger charge is 2.31. The van der Waals surface area contributed by atoms with Crippen LogP contribution in [0, 0.1) is 0 Å². The second-order valence-corrected chi connectivity index (χ2v) is 4.64. The molecule has 0 unspecified atom stereocenters. The highest BCUT2D eigenvalue weighted by atomic mass is 19.4. The lowest BCUT2D eigenvalue weighted by molar-refractivity contribution is -0.878. The number of rotatable bonds is 3. The molecule has 1 aromatic carbocycles. The molecule has 0 saturated carbocycles. The van der Waals surface area contributed by atoms with Crippen molar-refractivity contribution in [2.45, 2.75) is 19.0 Å². The number of hydrogen-bond acceptors (Lipinski definition) is 1. The van der Waals surface area contributed by atoms with Gasteiger partial charge in [0.1, 0.15) is 6.54 Å². The highest BCUT2D eigenvalue weighted by molar-refractivity contribution is 5.97. The van der Waals surface area contributed by atoms with E-state index in [1.54, 1.807) is 0 Å². The van der Waals surface area contributed by atoms with E-state index in [0.717, 1.165) is 43.0 Å². The minimum atomic E-state index is -4.39. The van der Waals surface area contributed by atoms with E-state index < -0.39 is 11.7 Å². The number of benzene rings is 1. The quantitative estimate of drug-likeness (QED) is 0.816. The lowest BCUT2D eigenvalue weighted by atomic mass is 10.1. The molecule has 2 rings (SSSR count). The van der Waals surface area contributed by atoms with E-state index in [1.165, 1.54) is 12.1 Å². The molecule has 0 atom stereocenters. The number of halogens is 3. The average molecular weight is 258 g/mol. The van der Waals surface area contributed by atoms with Crippen LogP contribution in [0.1, 0.15) is 28.8 Å². The second kappa shape index (κ2) is 5.10. The molecular formula is C13H15F3NO+. The van der Waals surface area contributed by atoms with Crippen molar-refractivity contribution in [2.24, 2.45) is 0 Å². The zero-order valence-electron chi connectivity index (χ0n) is 9.89. The van der Waals surface area contributed by atoms with Gasteiger partial charge in [-0.15, -0.1) is 0 Å². The summed E-state index contributed by atoms with van der Waals surface area (Å²) in [7, 11) is 0. The predicted octanol–water partition coefficient (Wildman–Crippen LogP) is 1.57. The molecule has 1 saturated heterocycles. The number of quaternary nitrogens is 1. The van der Waals surface area contributed by atoms with Crippen molar-refractivity contribution >= 4 is 5.78 Å². The third-order valence-corrected chi connectivity index (χ3v) is 3.23. The van der Waals surface area contributed by atoms with Gasteiger partial charge in [-0.2, -0.15) is 13.2 Å². The van der Waals surface area contributed by atoms with Crippen LogP contribution < -0.4 is 4.90 Å². The number of nitrogens with one attached hydrogen (secondary N) is 1. The Hall–Kier alpha value is -1.36. The van der Waals surface area contributed by atoms with Crippen LogP contribution in [0.2, 0.25) is 0 Å². The zero-order valence-corrected chi connectivity index (χ0v) is 9.89. The van der Waals surface area contributed by atoms with Gasteiger partial charge in [0.25, 0.3) is 0 Å². The molecular weight excluding hydrogens is 243 g/mol. The Morgan fingerprint density at radius 3 is 2.50 bits per heavy atom. The van der Waals surface area contributed by atoms with E-state index in [2.05, 4.69) is 0 Å². The summed E-state index contributed by atoms with van der Waals surface area (Å²) >= 11 is 0. The molecule has 0 radical (unpaired) electrons. The summed E-state index contributed by atoms with van der Waals surface area (Å²) in [6.07, 6.45) is -2.22. The Morgan fingerprint density at radius 1 is 1.22 bits per heavy atom. The van der Waals surface area contributed by atoms with E-state index in [-0.39, 0.29) is 11.3 Å². The Kier molecular flexibility index (Phi) is 3.71. The first kappa shape index (κ1) is 13.1. The number of ketones is 1. The van der Waals surface area contributed by atoms with E-state index in [4.69, 9.17) is 0 Å². The molecule has 5 heteroatoms. The van der Waals surface area contributed by atoms with Crippen LogP contribution in [0.3, 0.4) is 0 Å². The minimum Gasteiger partial charge on any atom is -0.328 e. The summed E-state index contributed by atoms with van der Waals surface area (Å²) in [5, 5.41) is 0. The van der Waals surface area contributed by atoms with Gasteiger partial charge in [0.15, 0.2) is 0 Å². The average Bonchev–Trinajstić information content (AvgIpc) is 2.81. The van der Waals surface area contributed by atoms with Crippen LogP contribution in [0.25, 0.3) is 0 Å². The number of carbonyl (C=O) groups is 1. The molecule has 1 aromatic rings. The first-order valence-electron chi connectivity index (χ1n) is 6.01. The van der Waals surface area contributed by atoms with Crippen LogP contribution in [0.5, 0.6) is 0 Å². The standard InChI is InChI=1S/C13H14F3NO/c14-13(15,16)11-5-3-4-10(8-11)12(18)9-17-6-1-2-7-17/h3-5,8H,1-2,6-7,9H2/p+1. The molecule has 18 heavy (non-hydrogen) atoms. The summed E-state index contributed by atoms with van der Waals surface area (Å²) in [4.78, 5) is 13.1. The molecule has 0 amide bonds. The molecule has 2 nitrogen and oxygen atoms in total. The molecule has 0 bridgehead atoms. The van der Waals surface area contributed by atoms with E-state index >= 15 is 0 Å². The summed E-state index contributed by atoms with van der Waals surface area (Å²) in [5.41, 5.74) is -0.603. The fourth-order valence-corrected chi connectivity index (χ4v) is 2.25. The maximum absolute atomic E-state index is 12.5. The number of hydrogen-bond donors (Lipinski definition) is 1. The molecule has 98 valence electrons. The molecule has 1 heterocycles. The SMILES string of the molecule is O=C(C[NH+]1CCCC1)c1cccc(C(F)(F)F)c1. The maximum Gasteiger partial charge on any atom is 0.416 e. The van der Waals surface area contributed by atoms with Crippen LogP contribution in [-0.4, -0.2) is 25.4 Å². The van der Waals surface area contributed by atoms with Gasteiger partial charge in [-0.25, -0.2) is 0 Å². The van der Waals surface area contributed by atoms with Crippen molar-refractivity contribution < 1.29 is 22.9 Å². The van der Waals surface area contributed by atoms with Crippen molar-refractivity contribution in [1.29, 1.82) is 0 Å². The summed E-state index contributed by atoms with van der Waals surface area (Å²) < 4.78 is 37.6. The fraction of sp³-hybridized carbons (Fsp3) is 0.462. The second-order valence-electron chi connectivity index (χ2n) is 4.64. The van der Waals surface area contributed by atoms with E-state index in [1.807, 2.05) is 0 Å². The number of alkyl halides is 3. The maximum atomic E-state index is 12.5. The number of carbonyl (C=O) groups excluding carboxylic acids is 1. The van der Waals surface area contributed by atoms with Gasteiger partial charge in [0, 0.05) is 18.4 Å². The van der Waals surface area contributed by atoms with Crippen molar-refractivity contribution in [3.63, 3.8) is 0 Å². The number of Topliss-reactive ketones (excluding diaryl/α,β-unsaturated/α-hetero) is 1. The predicted molar refractivity (Wildman–Crippen MR) is 60.6 cm³/mol. The highest BCUT2D eigenvalue weighted by Crippen LogP contribution is 2.29. The summed E-state index contributed by atoms with van der Waals surface area (Å²) in [6.45, 7) is 2.16. The molecule has 0 spiro atoms. The first-order chi connectivity index (χ1) is 8.47.